The Morgan fingerprint density at radius 3 is 2.31 bits per heavy atom. The van der Waals surface area contributed by atoms with E-state index in [1.165, 1.54) is 12.1 Å². The van der Waals surface area contributed by atoms with Crippen molar-refractivity contribution in [1.82, 2.24) is 10.8 Å². The maximum Gasteiger partial charge on any atom is 0.573 e. The minimum absolute atomic E-state index is 0.00686. The fourth-order valence-electron chi connectivity index (χ4n) is 2.95. The van der Waals surface area contributed by atoms with Crippen molar-refractivity contribution in [2.75, 3.05) is 17.2 Å². The smallest absolute Gasteiger partial charge is 0.403 e. The van der Waals surface area contributed by atoms with Crippen LogP contribution in [0.2, 0.25) is 0 Å². The predicted octanol–water partition coefficient (Wildman–Crippen LogP) is 4.86. The molecule has 36 heavy (non-hydrogen) atoms. The van der Waals surface area contributed by atoms with Crippen LogP contribution in [0.15, 0.2) is 36.4 Å². The first-order chi connectivity index (χ1) is 17.0. The zero-order valence-electron chi connectivity index (χ0n) is 18.7. The summed E-state index contributed by atoms with van der Waals surface area (Å²) in [5, 5.41) is 15.9. The molecule has 0 fully saturated rings. The number of hydroxylamine groups is 1. The lowest BCUT2D eigenvalue weighted by atomic mass is 10.1. The number of anilines is 2. The van der Waals surface area contributed by atoms with Crippen molar-refractivity contribution in [3.05, 3.63) is 53.6 Å². The van der Waals surface area contributed by atoms with Gasteiger partial charge in [0.15, 0.2) is 16.7 Å². The number of benzene rings is 2. The van der Waals surface area contributed by atoms with Gasteiger partial charge in [0.2, 0.25) is 5.91 Å². The number of carbonyl (C=O) groups excluding carboxylic acids is 2. The number of alkyl halides is 3. The number of hydrogen-bond donors (Lipinski definition) is 5. The van der Waals surface area contributed by atoms with Crippen LogP contribution in [0.4, 0.5) is 33.3 Å². The van der Waals surface area contributed by atoms with Crippen LogP contribution in [0.1, 0.15) is 42.5 Å². The van der Waals surface area contributed by atoms with E-state index < -0.39 is 35.6 Å². The summed E-state index contributed by atoms with van der Waals surface area (Å²) in [5.41, 5.74) is 1.52. The van der Waals surface area contributed by atoms with Gasteiger partial charge in [-0.25, -0.2) is 14.3 Å². The van der Waals surface area contributed by atoms with E-state index in [1.807, 2.05) is 0 Å². The van der Waals surface area contributed by atoms with E-state index in [1.54, 1.807) is 5.48 Å². The minimum Gasteiger partial charge on any atom is -0.403 e. The second-order valence-corrected chi connectivity index (χ2v) is 7.83. The van der Waals surface area contributed by atoms with Gasteiger partial charge in [0.1, 0.15) is 5.82 Å². The Hall–Kier alpha value is -3.52. The predicted molar refractivity (Wildman–Crippen MR) is 125 cm³/mol. The first kappa shape index (κ1) is 28.7. The number of rotatable bonds is 11. The lowest BCUT2D eigenvalue weighted by Crippen LogP contribution is -2.25. The molecule has 2 aromatic carbocycles. The van der Waals surface area contributed by atoms with Crippen molar-refractivity contribution in [2.24, 2.45) is 0 Å². The van der Waals surface area contributed by atoms with Crippen LogP contribution in [-0.2, 0) is 4.79 Å². The molecule has 0 heterocycles. The maximum absolute atomic E-state index is 14.4. The Labute approximate surface area is 208 Å². The molecule has 0 saturated carbocycles. The van der Waals surface area contributed by atoms with Crippen molar-refractivity contribution < 1.29 is 41.5 Å². The molecular weight excluding hydrogens is 511 g/mol. The van der Waals surface area contributed by atoms with Gasteiger partial charge < -0.3 is 20.7 Å². The van der Waals surface area contributed by atoms with Crippen molar-refractivity contribution in [2.45, 2.75) is 38.5 Å². The number of nitrogens with one attached hydrogen (secondary N) is 4. The standard InChI is InChI=1S/C22H23F5N4O4S/c23-15-11-13(20(33)28-10-4-2-1-3-5-19(32)31-34)6-8-17(15)30-21(36)29-14-7-9-18(16(24)12-14)35-22(25,26)27/h6-9,11-12,34H,1-5,10H2,(H,28,33)(H,31,32)(H2,29,30,36). The van der Waals surface area contributed by atoms with Crippen molar-refractivity contribution >= 4 is 40.5 Å². The third-order valence-corrected chi connectivity index (χ3v) is 4.84. The second-order valence-electron chi connectivity index (χ2n) is 7.42. The van der Waals surface area contributed by atoms with Crippen molar-refractivity contribution in [1.29, 1.82) is 0 Å². The first-order valence-electron chi connectivity index (χ1n) is 10.6. The van der Waals surface area contributed by atoms with Crippen LogP contribution in [0.3, 0.4) is 0 Å². The number of unbranched alkanes of at least 4 members (excludes halogenated alkanes) is 3. The SMILES string of the molecule is O=C(CCCCCCNC(=O)c1ccc(NC(=S)Nc2ccc(OC(F)(F)F)c(F)c2)c(F)c1)NO. The largest absolute Gasteiger partial charge is 0.573 e. The molecule has 0 bridgehead atoms. The molecule has 0 unspecified atom stereocenters. The summed E-state index contributed by atoms with van der Waals surface area (Å²) in [6.45, 7) is 0.351. The summed E-state index contributed by atoms with van der Waals surface area (Å²) in [6.07, 6.45) is -2.09. The van der Waals surface area contributed by atoms with Gasteiger partial charge in [-0.15, -0.1) is 13.2 Å². The fraction of sp³-hybridized carbons (Fsp3) is 0.318. The molecule has 196 valence electrons. The van der Waals surface area contributed by atoms with Crippen LogP contribution < -0.4 is 26.2 Å². The number of halogens is 5. The van der Waals surface area contributed by atoms with E-state index in [-0.39, 0.29) is 28.5 Å². The molecule has 0 spiro atoms. The maximum atomic E-state index is 14.4. The second kappa shape index (κ2) is 13.5. The molecule has 5 N–H and O–H groups in total. The number of thiocarbonyl (C=S) groups is 1. The molecule has 0 atom stereocenters. The Morgan fingerprint density at radius 1 is 0.944 bits per heavy atom. The number of hydrogen-bond acceptors (Lipinski definition) is 5. The fourth-order valence-corrected chi connectivity index (χ4v) is 3.18. The molecule has 2 rings (SSSR count). The molecule has 2 amide bonds. The molecule has 0 aliphatic rings. The molecule has 0 aromatic heterocycles. The van der Waals surface area contributed by atoms with Gasteiger partial charge in [-0.3, -0.25) is 14.8 Å². The number of amides is 2. The number of ether oxygens (including phenoxy) is 1. The molecule has 14 heteroatoms. The Bertz CT molecular complexity index is 1080. The molecular formula is C22H23F5N4O4S. The Balaban J connectivity index is 1.82. The van der Waals surface area contributed by atoms with Crippen molar-refractivity contribution in [3.8, 4) is 5.75 Å². The van der Waals surface area contributed by atoms with Gasteiger partial charge in [0.25, 0.3) is 5.91 Å². The van der Waals surface area contributed by atoms with Gasteiger partial charge in [-0.05, 0) is 55.4 Å². The summed E-state index contributed by atoms with van der Waals surface area (Å²) in [5.74, 6) is -4.04. The highest BCUT2D eigenvalue weighted by atomic mass is 32.1. The molecule has 0 radical (unpaired) electrons. The monoisotopic (exact) mass is 534 g/mol. The van der Waals surface area contributed by atoms with E-state index >= 15 is 0 Å². The van der Waals surface area contributed by atoms with Crippen LogP contribution in [-0.4, -0.2) is 35.0 Å². The molecule has 8 nitrogen and oxygen atoms in total. The summed E-state index contributed by atoms with van der Waals surface area (Å²) >= 11 is 5.01. The quantitative estimate of drug-likeness (QED) is 0.0921. The van der Waals surface area contributed by atoms with Gasteiger partial charge in [0, 0.05) is 30.3 Å². The summed E-state index contributed by atoms with van der Waals surface area (Å²) < 4.78 is 68.5. The average molecular weight is 535 g/mol. The topological polar surface area (TPSA) is 112 Å². The zero-order chi connectivity index (χ0) is 26.7. The van der Waals surface area contributed by atoms with Crippen LogP contribution in [0.5, 0.6) is 5.75 Å². The Morgan fingerprint density at radius 2 is 1.67 bits per heavy atom. The van der Waals surface area contributed by atoms with Crippen molar-refractivity contribution in [3.63, 3.8) is 0 Å². The third-order valence-electron chi connectivity index (χ3n) is 4.64. The molecule has 0 aliphatic carbocycles. The Kier molecular flexibility index (Phi) is 10.8. The van der Waals surface area contributed by atoms with Crippen LogP contribution >= 0.6 is 12.2 Å². The summed E-state index contributed by atoms with van der Waals surface area (Å²) in [6, 6.07) is 6.21. The highest BCUT2D eigenvalue weighted by molar-refractivity contribution is 7.80. The lowest BCUT2D eigenvalue weighted by molar-refractivity contribution is -0.275. The number of carbonyl (C=O) groups is 2. The van der Waals surface area contributed by atoms with Gasteiger partial charge in [-0.2, -0.15) is 0 Å². The summed E-state index contributed by atoms with van der Waals surface area (Å²) in [7, 11) is 0. The molecule has 2 aromatic rings. The van der Waals surface area contributed by atoms with E-state index in [4.69, 9.17) is 17.4 Å². The van der Waals surface area contributed by atoms with E-state index in [9.17, 15) is 31.5 Å². The van der Waals surface area contributed by atoms with E-state index in [0.29, 0.717) is 19.4 Å². The first-order valence-corrected chi connectivity index (χ1v) is 11.0. The van der Waals surface area contributed by atoms with Gasteiger partial charge >= 0.3 is 6.36 Å². The average Bonchev–Trinajstić information content (AvgIpc) is 2.80. The zero-order valence-corrected chi connectivity index (χ0v) is 19.5. The van der Waals surface area contributed by atoms with Crippen LogP contribution in [0, 0.1) is 11.6 Å². The van der Waals surface area contributed by atoms with Gasteiger partial charge in [0.05, 0.1) is 5.69 Å². The minimum atomic E-state index is -5.05. The summed E-state index contributed by atoms with van der Waals surface area (Å²) in [4.78, 5) is 23.1. The molecule has 0 saturated heterocycles. The lowest BCUT2D eigenvalue weighted by Gasteiger charge is -2.14. The molecule has 0 aliphatic heterocycles. The van der Waals surface area contributed by atoms with Crippen LogP contribution in [0.25, 0.3) is 0 Å². The third kappa shape index (κ3) is 10.00. The highest BCUT2D eigenvalue weighted by Gasteiger charge is 2.32. The van der Waals surface area contributed by atoms with E-state index in [2.05, 4.69) is 20.7 Å². The normalized spacial score (nSPS) is 10.9. The highest BCUT2D eigenvalue weighted by Crippen LogP contribution is 2.27. The van der Waals surface area contributed by atoms with E-state index in [0.717, 1.165) is 37.1 Å². The van der Waals surface area contributed by atoms with Gasteiger partial charge in [-0.1, -0.05) is 12.8 Å².